The molecule has 272 valence electrons. The molecule has 0 aromatic heterocycles. The summed E-state index contributed by atoms with van der Waals surface area (Å²) in [5.74, 6) is -2.50. The van der Waals surface area contributed by atoms with E-state index in [4.69, 9.17) is 28.0 Å². The number of hydrogen-bond acceptors (Lipinski definition) is 7. The van der Waals surface area contributed by atoms with E-state index < -0.39 is 47.8 Å². The third-order valence-corrected chi connectivity index (χ3v) is 8.43. The van der Waals surface area contributed by atoms with Gasteiger partial charge in [0.2, 0.25) is 23.6 Å². The SMILES string of the molecule is CC(C)C[C@@H](NC(=O)[C@@H](CCc1ccccc1)NC(=O)[C@H](N)Cc1ccccc1)C(=O)N[C@H](CNC(=N)N)C(=O)N1CCCN(C(=N)N)CC1. The van der Waals surface area contributed by atoms with Gasteiger partial charge in [-0.15, -0.1) is 0 Å². The maximum atomic E-state index is 13.9. The van der Waals surface area contributed by atoms with Crippen LogP contribution in [-0.2, 0) is 32.0 Å². The number of carbonyl (C=O) groups is 4. The van der Waals surface area contributed by atoms with Crippen LogP contribution in [0.3, 0.4) is 0 Å². The van der Waals surface area contributed by atoms with Crippen LogP contribution >= 0.6 is 0 Å². The molecule has 0 radical (unpaired) electrons. The number of rotatable bonds is 16. The van der Waals surface area contributed by atoms with Crippen molar-refractivity contribution in [3.05, 3.63) is 71.8 Å². The molecule has 2 aromatic rings. The lowest BCUT2D eigenvalue weighted by Crippen LogP contribution is -2.60. The van der Waals surface area contributed by atoms with E-state index >= 15 is 0 Å². The van der Waals surface area contributed by atoms with Crippen molar-refractivity contribution in [3.63, 3.8) is 0 Å². The molecule has 1 aliphatic rings. The molecule has 1 saturated heterocycles. The molecule has 0 saturated carbocycles. The van der Waals surface area contributed by atoms with Gasteiger partial charge < -0.3 is 48.3 Å². The van der Waals surface area contributed by atoms with Gasteiger partial charge in [0, 0.05) is 32.7 Å². The number of hydrogen-bond donors (Lipinski definition) is 9. The summed E-state index contributed by atoms with van der Waals surface area (Å²) >= 11 is 0. The number of aryl methyl sites for hydroxylation is 1. The Morgan fingerprint density at radius 3 is 1.88 bits per heavy atom. The fraction of sp³-hybridized carbons (Fsp3) is 0.486. The Bertz CT molecular complexity index is 1440. The largest absolute Gasteiger partial charge is 0.370 e. The fourth-order valence-electron chi connectivity index (χ4n) is 5.72. The van der Waals surface area contributed by atoms with Crippen LogP contribution in [0.5, 0.6) is 0 Å². The number of carbonyl (C=O) groups excluding carboxylic acids is 4. The quantitative estimate of drug-likeness (QED) is 0.0820. The van der Waals surface area contributed by atoms with Gasteiger partial charge in [-0.05, 0) is 49.1 Å². The summed E-state index contributed by atoms with van der Waals surface area (Å²) < 4.78 is 0. The Morgan fingerprint density at radius 2 is 1.28 bits per heavy atom. The van der Waals surface area contributed by atoms with E-state index in [0.29, 0.717) is 32.5 Å². The topological polar surface area (TPSA) is 249 Å². The molecule has 0 aliphatic carbocycles. The van der Waals surface area contributed by atoms with Crippen molar-refractivity contribution in [2.75, 3.05) is 32.7 Å². The lowest BCUT2D eigenvalue weighted by Gasteiger charge is -2.29. The molecule has 1 fully saturated rings. The second kappa shape index (κ2) is 19.7. The molecule has 2 aromatic carbocycles. The van der Waals surface area contributed by atoms with Crippen LogP contribution < -0.4 is 38.5 Å². The Kier molecular flexibility index (Phi) is 15.5. The zero-order chi connectivity index (χ0) is 36.6. The third-order valence-electron chi connectivity index (χ3n) is 8.43. The normalized spacial score (nSPS) is 15.5. The molecule has 15 nitrogen and oxygen atoms in total. The van der Waals surface area contributed by atoms with Crippen molar-refractivity contribution in [1.82, 2.24) is 31.1 Å². The Balaban J connectivity index is 1.77. The van der Waals surface area contributed by atoms with Gasteiger partial charge in [0.1, 0.15) is 18.1 Å². The van der Waals surface area contributed by atoms with Crippen molar-refractivity contribution < 1.29 is 19.2 Å². The van der Waals surface area contributed by atoms with Gasteiger partial charge in [0.15, 0.2) is 11.9 Å². The minimum absolute atomic E-state index is 0.0182. The molecule has 0 spiro atoms. The summed E-state index contributed by atoms with van der Waals surface area (Å²) in [6.07, 6.45) is 1.85. The number of nitrogens with one attached hydrogen (secondary N) is 6. The molecule has 50 heavy (non-hydrogen) atoms. The highest BCUT2D eigenvalue weighted by molar-refractivity contribution is 5.95. The van der Waals surface area contributed by atoms with Crippen molar-refractivity contribution in [2.45, 2.75) is 70.1 Å². The molecule has 4 atom stereocenters. The Hall–Kier alpha value is -5.18. The van der Waals surface area contributed by atoms with Crippen LogP contribution in [0.15, 0.2) is 60.7 Å². The first-order chi connectivity index (χ1) is 23.8. The van der Waals surface area contributed by atoms with E-state index in [-0.39, 0.29) is 50.2 Å². The predicted octanol–water partition coefficient (Wildman–Crippen LogP) is -0.399. The minimum Gasteiger partial charge on any atom is -0.370 e. The van der Waals surface area contributed by atoms with Crippen molar-refractivity contribution in [3.8, 4) is 0 Å². The molecule has 0 bridgehead atoms. The molecule has 0 unspecified atom stereocenters. The fourth-order valence-corrected chi connectivity index (χ4v) is 5.72. The monoisotopic (exact) mass is 691 g/mol. The lowest BCUT2D eigenvalue weighted by atomic mass is 10.00. The second-order valence-electron chi connectivity index (χ2n) is 13.0. The first-order valence-electron chi connectivity index (χ1n) is 17.0. The van der Waals surface area contributed by atoms with Crippen LogP contribution in [0.4, 0.5) is 0 Å². The summed E-state index contributed by atoms with van der Waals surface area (Å²) in [5, 5.41) is 26.4. The van der Waals surface area contributed by atoms with E-state index in [9.17, 15) is 19.2 Å². The summed E-state index contributed by atoms with van der Waals surface area (Å²) in [6.45, 7) is 5.21. The minimum atomic E-state index is -1.11. The summed E-state index contributed by atoms with van der Waals surface area (Å²) in [7, 11) is 0. The Morgan fingerprint density at radius 1 is 0.740 bits per heavy atom. The van der Waals surface area contributed by atoms with Crippen LogP contribution in [-0.4, -0.2) is 102 Å². The highest BCUT2D eigenvalue weighted by Crippen LogP contribution is 2.11. The molecule has 15 heteroatoms. The van der Waals surface area contributed by atoms with E-state index in [2.05, 4.69) is 21.3 Å². The first-order valence-corrected chi connectivity index (χ1v) is 17.0. The molecular formula is C35H53N11O4. The van der Waals surface area contributed by atoms with Crippen molar-refractivity contribution in [2.24, 2.45) is 23.1 Å². The predicted molar refractivity (Wildman–Crippen MR) is 193 cm³/mol. The second-order valence-corrected chi connectivity index (χ2v) is 13.0. The van der Waals surface area contributed by atoms with E-state index in [1.54, 1.807) is 9.80 Å². The van der Waals surface area contributed by atoms with E-state index in [1.807, 2.05) is 74.5 Å². The van der Waals surface area contributed by atoms with Gasteiger partial charge in [0.05, 0.1) is 6.04 Å². The maximum absolute atomic E-state index is 13.9. The van der Waals surface area contributed by atoms with E-state index in [0.717, 1.165) is 11.1 Å². The average molecular weight is 692 g/mol. The standard InChI is InChI=1S/C35H53N11O4/c1-23(2)20-28(32(49)44-29(22-41-34(37)38)33(50)45-16-9-17-46(19-18-45)35(39)40)43-31(48)27(15-14-24-10-5-3-6-11-24)42-30(47)26(36)21-25-12-7-4-8-13-25/h3-8,10-13,23,26-29H,9,14-22,36H2,1-2H3,(H3,39,40)(H,42,47)(H,43,48)(H,44,49)(H4,37,38,41)/t26-,27-,28-,29-/m1/s1. The molecule has 3 rings (SSSR count). The number of amides is 4. The van der Waals surface area contributed by atoms with E-state index in [1.165, 1.54) is 0 Å². The molecular weight excluding hydrogens is 638 g/mol. The van der Waals surface area contributed by atoms with Gasteiger partial charge in [-0.25, -0.2) is 0 Å². The number of benzene rings is 2. The maximum Gasteiger partial charge on any atom is 0.247 e. The number of nitrogens with two attached hydrogens (primary N) is 3. The summed E-state index contributed by atoms with van der Waals surface area (Å²) in [4.78, 5) is 57.9. The average Bonchev–Trinajstić information content (AvgIpc) is 3.35. The third kappa shape index (κ3) is 13.0. The van der Waals surface area contributed by atoms with Gasteiger partial charge in [-0.2, -0.15) is 0 Å². The number of guanidine groups is 2. The Labute approximate surface area is 294 Å². The van der Waals surface area contributed by atoms with Gasteiger partial charge in [0.25, 0.3) is 0 Å². The van der Waals surface area contributed by atoms with Gasteiger partial charge in [-0.1, -0.05) is 74.5 Å². The molecule has 1 aliphatic heterocycles. The zero-order valence-corrected chi connectivity index (χ0v) is 29.0. The van der Waals surface area contributed by atoms with Crippen LogP contribution in [0, 0.1) is 16.7 Å². The summed E-state index contributed by atoms with van der Waals surface area (Å²) in [6, 6.07) is 14.8. The van der Waals surface area contributed by atoms with Crippen molar-refractivity contribution in [1.29, 1.82) is 10.8 Å². The highest BCUT2D eigenvalue weighted by Gasteiger charge is 2.33. The first kappa shape index (κ1) is 39.3. The molecule has 12 N–H and O–H groups in total. The summed E-state index contributed by atoms with van der Waals surface area (Å²) in [5.41, 5.74) is 19.3. The smallest absolute Gasteiger partial charge is 0.247 e. The highest BCUT2D eigenvalue weighted by atomic mass is 16.2. The zero-order valence-electron chi connectivity index (χ0n) is 29.0. The van der Waals surface area contributed by atoms with Crippen molar-refractivity contribution >= 4 is 35.5 Å². The molecule has 4 amide bonds. The lowest BCUT2D eigenvalue weighted by molar-refractivity contribution is -0.137. The van der Waals surface area contributed by atoms with Gasteiger partial charge >= 0.3 is 0 Å². The number of nitrogens with zero attached hydrogens (tertiary/aromatic N) is 2. The van der Waals surface area contributed by atoms with Crippen LogP contribution in [0.25, 0.3) is 0 Å². The van der Waals surface area contributed by atoms with Crippen LogP contribution in [0.2, 0.25) is 0 Å². The molecule has 1 heterocycles. The van der Waals surface area contributed by atoms with Gasteiger partial charge in [-0.3, -0.25) is 30.0 Å². The van der Waals surface area contributed by atoms with Crippen LogP contribution in [0.1, 0.15) is 44.2 Å².